The molecule has 0 saturated carbocycles. The first-order chi connectivity index (χ1) is 4.70. The highest BCUT2D eigenvalue weighted by atomic mass is 19.3. The van der Waals surface area contributed by atoms with E-state index in [-0.39, 0.29) is 6.03 Å². The number of rotatable bonds is 2. The predicted molar refractivity (Wildman–Crippen MR) is 31.0 cm³/mol. The quantitative estimate of drug-likeness (QED) is 0.602. The maximum Gasteiger partial charge on any atom is 0.317 e. The lowest BCUT2D eigenvalue weighted by atomic mass is 10.5. The summed E-state index contributed by atoms with van der Waals surface area (Å²) in [6, 6.07) is -0.389. The zero-order valence-corrected chi connectivity index (χ0v) is 5.31. The number of carbonyl (C=O) groups is 1. The molecule has 1 aliphatic heterocycles. The smallest absolute Gasteiger partial charge is 0.317 e. The topological polar surface area (TPSA) is 32.3 Å². The molecule has 0 aromatic carbocycles. The van der Waals surface area contributed by atoms with E-state index in [9.17, 15) is 13.6 Å². The molecule has 0 atom stereocenters. The summed E-state index contributed by atoms with van der Waals surface area (Å²) in [6.45, 7) is 0.417. The van der Waals surface area contributed by atoms with Gasteiger partial charge in [0, 0.05) is 13.1 Å². The lowest BCUT2D eigenvalue weighted by molar-refractivity contribution is 0.108. The Bertz CT molecular complexity index is 140. The third kappa shape index (κ3) is 1.55. The van der Waals surface area contributed by atoms with Crippen molar-refractivity contribution in [3.05, 3.63) is 0 Å². The van der Waals surface area contributed by atoms with Crippen LogP contribution in [-0.2, 0) is 0 Å². The predicted octanol–water partition coefficient (Wildman–Crippen LogP) is 0.277. The first-order valence-electron chi connectivity index (χ1n) is 3.01. The molecular formula is C5H8F2N2O. The molecule has 0 aliphatic carbocycles. The summed E-state index contributed by atoms with van der Waals surface area (Å²) in [6.07, 6.45) is -2.43. The number of amides is 2. The lowest BCUT2D eigenvalue weighted by Crippen LogP contribution is -2.32. The molecule has 1 aliphatic rings. The molecule has 2 amide bonds. The van der Waals surface area contributed by atoms with Crippen LogP contribution in [0.3, 0.4) is 0 Å². The van der Waals surface area contributed by atoms with Crippen LogP contribution >= 0.6 is 0 Å². The molecule has 5 heteroatoms. The van der Waals surface area contributed by atoms with E-state index in [4.69, 9.17) is 0 Å². The standard InChI is InChI=1S/C5H8F2N2O/c6-4(7)3-9-2-1-8-5(9)10/h4H,1-3H2,(H,8,10). The monoisotopic (exact) mass is 150 g/mol. The Morgan fingerprint density at radius 1 is 1.70 bits per heavy atom. The molecule has 10 heavy (non-hydrogen) atoms. The third-order valence-corrected chi connectivity index (χ3v) is 1.30. The van der Waals surface area contributed by atoms with Crippen LogP contribution in [0, 0.1) is 0 Å². The van der Waals surface area contributed by atoms with Crippen molar-refractivity contribution in [3.8, 4) is 0 Å². The SMILES string of the molecule is O=C1NCCN1CC(F)F. The summed E-state index contributed by atoms with van der Waals surface area (Å²) < 4.78 is 23.3. The normalized spacial score (nSPS) is 18.3. The second-order valence-corrected chi connectivity index (χ2v) is 2.07. The van der Waals surface area contributed by atoms with Crippen LogP contribution in [0.5, 0.6) is 0 Å². The summed E-state index contributed by atoms with van der Waals surface area (Å²) in [4.78, 5) is 11.7. The molecule has 0 unspecified atom stereocenters. The number of halogens is 2. The Labute approximate surface area is 57.0 Å². The number of urea groups is 1. The van der Waals surface area contributed by atoms with Gasteiger partial charge in [0.05, 0.1) is 6.54 Å². The fourth-order valence-electron chi connectivity index (χ4n) is 0.852. The van der Waals surface area contributed by atoms with E-state index in [1.165, 1.54) is 0 Å². The highest BCUT2D eigenvalue weighted by Crippen LogP contribution is 2.01. The van der Waals surface area contributed by atoms with Gasteiger partial charge in [-0.05, 0) is 0 Å². The molecule has 1 N–H and O–H groups in total. The van der Waals surface area contributed by atoms with Gasteiger partial charge in [0.2, 0.25) is 0 Å². The summed E-state index contributed by atoms with van der Waals surface area (Å²) in [5.74, 6) is 0. The van der Waals surface area contributed by atoms with E-state index < -0.39 is 13.0 Å². The molecule has 0 aromatic heterocycles. The van der Waals surface area contributed by atoms with Gasteiger partial charge in [-0.15, -0.1) is 0 Å². The minimum absolute atomic E-state index is 0.389. The number of hydrogen-bond donors (Lipinski definition) is 1. The number of nitrogens with zero attached hydrogens (tertiary/aromatic N) is 1. The van der Waals surface area contributed by atoms with Crippen LogP contribution in [-0.4, -0.2) is 37.0 Å². The molecule has 1 heterocycles. The van der Waals surface area contributed by atoms with E-state index in [0.717, 1.165) is 4.90 Å². The van der Waals surface area contributed by atoms with Gasteiger partial charge < -0.3 is 10.2 Å². The van der Waals surface area contributed by atoms with E-state index in [1.54, 1.807) is 0 Å². The average molecular weight is 150 g/mol. The molecule has 0 radical (unpaired) electrons. The fraction of sp³-hybridized carbons (Fsp3) is 0.800. The van der Waals surface area contributed by atoms with Gasteiger partial charge in [-0.2, -0.15) is 0 Å². The van der Waals surface area contributed by atoms with Crippen molar-refractivity contribution in [2.75, 3.05) is 19.6 Å². The first-order valence-corrected chi connectivity index (χ1v) is 3.01. The number of carbonyl (C=O) groups excluding carboxylic acids is 1. The summed E-state index contributed by atoms with van der Waals surface area (Å²) in [5, 5.41) is 2.43. The van der Waals surface area contributed by atoms with E-state index in [0.29, 0.717) is 13.1 Å². The van der Waals surface area contributed by atoms with Crippen LogP contribution < -0.4 is 5.32 Å². The van der Waals surface area contributed by atoms with Gasteiger partial charge >= 0.3 is 6.03 Å². The largest absolute Gasteiger partial charge is 0.336 e. The summed E-state index contributed by atoms with van der Waals surface area (Å²) >= 11 is 0. The zero-order valence-electron chi connectivity index (χ0n) is 5.31. The Kier molecular flexibility index (Phi) is 2.03. The molecule has 0 aromatic rings. The minimum Gasteiger partial charge on any atom is -0.336 e. The molecule has 0 bridgehead atoms. The van der Waals surface area contributed by atoms with Crippen molar-refractivity contribution < 1.29 is 13.6 Å². The number of hydrogen-bond acceptors (Lipinski definition) is 1. The van der Waals surface area contributed by atoms with Crippen molar-refractivity contribution in [3.63, 3.8) is 0 Å². The van der Waals surface area contributed by atoms with Gasteiger partial charge in [-0.25, -0.2) is 13.6 Å². The number of nitrogens with one attached hydrogen (secondary N) is 1. The van der Waals surface area contributed by atoms with Crippen LogP contribution in [0.4, 0.5) is 13.6 Å². The first kappa shape index (κ1) is 7.24. The Morgan fingerprint density at radius 3 is 2.80 bits per heavy atom. The Hall–Kier alpha value is -0.870. The summed E-state index contributed by atoms with van der Waals surface area (Å²) in [5.41, 5.74) is 0. The molecule has 0 spiro atoms. The average Bonchev–Trinajstić information content (AvgIpc) is 2.15. The molecule has 1 saturated heterocycles. The maximum atomic E-state index is 11.6. The van der Waals surface area contributed by atoms with Crippen molar-refractivity contribution in [1.29, 1.82) is 0 Å². The van der Waals surface area contributed by atoms with Crippen molar-refractivity contribution in [1.82, 2.24) is 10.2 Å². The van der Waals surface area contributed by atoms with Gasteiger partial charge in [0.1, 0.15) is 0 Å². The Morgan fingerprint density at radius 2 is 2.40 bits per heavy atom. The Balaban J connectivity index is 2.33. The lowest BCUT2D eigenvalue weighted by Gasteiger charge is -2.11. The molecule has 3 nitrogen and oxygen atoms in total. The molecular weight excluding hydrogens is 142 g/mol. The zero-order chi connectivity index (χ0) is 7.56. The van der Waals surface area contributed by atoms with Crippen molar-refractivity contribution in [2.45, 2.75) is 6.43 Å². The van der Waals surface area contributed by atoms with E-state index >= 15 is 0 Å². The van der Waals surface area contributed by atoms with Crippen LogP contribution in [0.15, 0.2) is 0 Å². The van der Waals surface area contributed by atoms with Gasteiger partial charge in [0.15, 0.2) is 0 Å². The van der Waals surface area contributed by atoms with E-state index in [2.05, 4.69) is 5.32 Å². The van der Waals surface area contributed by atoms with Crippen molar-refractivity contribution >= 4 is 6.03 Å². The van der Waals surface area contributed by atoms with Crippen LogP contribution in [0.2, 0.25) is 0 Å². The second-order valence-electron chi connectivity index (χ2n) is 2.07. The maximum absolute atomic E-state index is 11.6. The van der Waals surface area contributed by atoms with Crippen LogP contribution in [0.25, 0.3) is 0 Å². The van der Waals surface area contributed by atoms with E-state index in [1.807, 2.05) is 0 Å². The van der Waals surface area contributed by atoms with Crippen LogP contribution in [0.1, 0.15) is 0 Å². The number of alkyl halides is 2. The highest BCUT2D eigenvalue weighted by Gasteiger charge is 2.21. The van der Waals surface area contributed by atoms with Gasteiger partial charge in [-0.3, -0.25) is 0 Å². The molecule has 1 rings (SSSR count). The second kappa shape index (κ2) is 2.81. The molecule has 1 fully saturated rings. The molecule has 58 valence electrons. The van der Waals surface area contributed by atoms with Gasteiger partial charge in [-0.1, -0.05) is 0 Å². The summed E-state index contributed by atoms with van der Waals surface area (Å²) in [7, 11) is 0. The third-order valence-electron chi connectivity index (χ3n) is 1.30. The fourth-order valence-corrected chi connectivity index (χ4v) is 0.852. The van der Waals surface area contributed by atoms with Gasteiger partial charge in [0.25, 0.3) is 6.43 Å². The highest BCUT2D eigenvalue weighted by molar-refractivity contribution is 5.76. The van der Waals surface area contributed by atoms with Crippen molar-refractivity contribution in [2.24, 2.45) is 0 Å². The minimum atomic E-state index is -2.43.